The molecule has 1 aliphatic rings. The minimum atomic E-state index is -0.344. The van der Waals surface area contributed by atoms with E-state index in [2.05, 4.69) is 19.9 Å². The molecule has 0 unspecified atom stereocenters. The molecular formula is C18H18FN5O. The zero-order chi connectivity index (χ0) is 17.2. The van der Waals surface area contributed by atoms with Gasteiger partial charge in [-0.2, -0.15) is 0 Å². The Labute approximate surface area is 144 Å². The quantitative estimate of drug-likeness (QED) is 0.791. The molecule has 3 aromatic heterocycles. The maximum absolute atomic E-state index is 14.2. The second kappa shape index (κ2) is 6.60. The zero-order valence-corrected chi connectivity index (χ0v) is 13.8. The Morgan fingerprint density at radius 3 is 2.84 bits per heavy atom. The fourth-order valence-corrected chi connectivity index (χ4v) is 3.22. The van der Waals surface area contributed by atoms with Gasteiger partial charge in [-0.15, -0.1) is 0 Å². The maximum atomic E-state index is 14.2. The van der Waals surface area contributed by atoms with E-state index in [1.165, 1.54) is 6.07 Å². The van der Waals surface area contributed by atoms with Gasteiger partial charge in [-0.25, -0.2) is 14.4 Å². The largest absolute Gasteiger partial charge is 0.380 e. The summed E-state index contributed by atoms with van der Waals surface area (Å²) in [5.74, 6) is 0.748. The summed E-state index contributed by atoms with van der Waals surface area (Å²) in [5.41, 5.74) is 1.84. The van der Waals surface area contributed by atoms with Crippen molar-refractivity contribution in [1.29, 1.82) is 0 Å². The third-order valence-electron chi connectivity index (χ3n) is 4.49. The van der Waals surface area contributed by atoms with Crippen LogP contribution in [0.15, 0.2) is 49.1 Å². The van der Waals surface area contributed by atoms with Crippen LogP contribution in [0.25, 0.3) is 11.3 Å². The van der Waals surface area contributed by atoms with Gasteiger partial charge in [0.15, 0.2) is 11.6 Å². The Hall–Kier alpha value is -2.80. The highest BCUT2D eigenvalue weighted by Gasteiger charge is 2.37. The number of nitrogens with zero attached hydrogens (tertiary/aromatic N) is 4. The Bertz CT molecular complexity index is 853. The molecule has 2 atom stereocenters. The van der Waals surface area contributed by atoms with Crippen LogP contribution in [0.4, 0.5) is 10.2 Å². The maximum Gasteiger partial charge on any atom is 0.165 e. The van der Waals surface area contributed by atoms with Crippen LogP contribution >= 0.6 is 0 Å². The zero-order valence-electron chi connectivity index (χ0n) is 13.8. The van der Waals surface area contributed by atoms with Gasteiger partial charge in [0.25, 0.3) is 0 Å². The molecule has 1 saturated heterocycles. The van der Waals surface area contributed by atoms with Crippen molar-refractivity contribution in [2.75, 3.05) is 18.6 Å². The predicted octanol–water partition coefficient (Wildman–Crippen LogP) is 2.97. The third-order valence-corrected chi connectivity index (χ3v) is 4.49. The lowest BCUT2D eigenvalue weighted by Gasteiger charge is -2.24. The topological polar surface area (TPSA) is 66.9 Å². The fourth-order valence-electron chi connectivity index (χ4n) is 3.22. The van der Waals surface area contributed by atoms with Crippen molar-refractivity contribution >= 4 is 5.82 Å². The van der Waals surface area contributed by atoms with Crippen molar-refractivity contribution in [3.05, 3.63) is 60.7 Å². The van der Waals surface area contributed by atoms with E-state index >= 15 is 0 Å². The number of ether oxygens (including phenoxy) is 1. The molecule has 1 aliphatic heterocycles. The number of halogens is 1. The van der Waals surface area contributed by atoms with Gasteiger partial charge in [-0.1, -0.05) is 0 Å². The van der Waals surface area contributed by atoms with Crippen LogP contribution in [-0.2, 0) is 4.74 Å². The number of methoxy groups -OCH3 is 1. The molecule has 7 heteroatoms. The second-order valence-electron chi connectivity index (χ2n) is 5.99. The lowest BCUT2D eigenvalue weighted by atomic mass is 10.2. The highest BCUT2D eigenvalue weighted by molar-refractivity contribution is 5.57. The minimum Gasteiger partial charge on any atom is -0.380 e. The lowest BCUT2D eigenvalue weighted by Crippen LogP contribution is -2.27. The van der Waals surface area contributed by atoms with Gasteiger partial charge in [-0.05, 0) is 24.3 Å². The number of anilines is 1. The molecule has 3 aromatic rings. The molecule has 128 valence electrons. The number of aromatic amines is 1. The smallest absolute Gasteiger partial charge is 0.165 e. The van der Waals surface area contributed by atoms with E-state index < -0.39 is 0 Å². The summed E-state index contributed by atoms with van der Waals surface area (Å²) in [7, 11) is 1.67. The highest BCUT2D eigenvalue weighted by atomic mass is 19.1. The van der Waals surface area contributed by atoms with Gasteiger partial charge in [0.05, 0.1) is 24.0 Å². The van der Waals surface area contributed by atoms with E-state index in [-0.39, 0.29) is 18.0 Å². The molecule has 0 aliphatic carbocycles. The molecule has 0 bridgehead atoms. The second-order valence-corrected chi connectivity index (χ2v) is 5.99. The van der Waals surface area contributed by atoms with Crippen molar-refractivity contribution in [2.24, 2.45) is 0 Å². The van der Waals surface area contributed by atoms with Crippen LogP contribution in [0.3, 0.4) is 0 Å². The van der Waals surface area contributed by atoms with Crippen LogP contribution in [0.5, 0.6) is 0 Å². The molecule has 25 heavy (non-hydrogen) atoms. The number of imidazole rings is 1. The highest BCUT2D eigenvalue weighted by Crippen LogP contribution is 2.36. The van der Waals surface area contributed by atoms with Gasteiger partial charge in [0.1, 0.15) is 5.82 Å². The van der Waals surface area contributed by atoms with Gasteiger partial charge in [-0.3, -0.25) is 4.98 Å². The van der Waals surface area contributed by atoms with Gasteiger partial charge in [0, 0.05) is 44.2 Å². The van der Waals surface area contributed by atoms with Gasteiger partial charge in [0.2, 0.25) is 0 Å². The van der Waals surface area contributed by atoms with E-state index in [1.807, 2.05) is 17.0 Å². The SMILES string of the molecule is CO[C@@H]1C[C@@H](c2ncc(-c3cccnc3)[nH]2)N(c2ncccc2F)C1. The first-order valence-electron chi connectivity index (χ1n) is 8.11. The predicted molar refractivity (Wildman–Crippen MR) is 91.5 cm³/mol. The summed E-state index contributed by atoms with van der Waals surface area (Å²) in [4.78, 5) is 18.1. The Morgan fingerprint density at radius 1 is 1.20 bits per heavy atom. The number of rotatable bonds is 4. The molecule has 4 heterocycles. The van der Waals surface area contributed by atoms with Crippen LogP contribution < -0.4 is 4.90 Å². The standard InChI is InChI=1S/C18H18FN5O/c1-25-13-8-16(24(11-13)18-14(19)5-3-7-21-18)17-22-10-15(23-17)12-4-2-6-20-9-12/h2-7,9-10,13,16H,8,11H2,1H3,(H,22,23)/t13-,16+/m1/s1. The first-order chi connectivity index (χ1) is 12.3. The van der Waals surface area contributed by atoms with Crippen LogP contribution in [-0.4, -0.2) is 39.7 Å². The van der Waals surface area contributed by atoms with Crippen LogP contribution in [0.1, 0.15) is 18.3 Å². The molecule has 0 spiro atoms. The molecule has 0 amide bonds. The van der Waals surface area contributed by atoms with Crippen LogP contribution in [0.2, 0.25) is 0 Å². The van der Waals surface area contributed by atoms with Gasteiger partial charge < -0.3 is 14.6 Å². The molecule has 0 saturated carbocycles. The Morgan fingerprint density at radius 2 is 2.08 bits per heavy atom. The fraction of sp³-hybridized carbons (Fsp3) is 0.278. The third kappa shape index (κ3) is 2.98. The van der Waals surface area contributed by atoms with Gasteiger partial charge >= 0.3 is 0 Å². The number of hydrogen-bond acceptors (Lipinski definition) is 5. The van der Waals surface area contributed by atoms with E-state index in [0.29, 0.717) is 18.8 Å². The number of nitrogens with one attached hydrogen (secondary N) is 1. The van der Waals surface area contributed by atoms with Crippen molar-refractivity contribution < 1.29 is 9.13 Å². The first kappa shape index (κ1) is 15.7. The summed E-state index contributed by atoms with van der Waals surface area (Å²) < 4.78 is 19.8. The van der Waals surface area contributed by atoms with Crippen LogP contribution in [0, 0.1) is 5.82 Å². The summed E-state index contributed by atoms with van der Waals surface area (Å²) in [6, 6.07) is 6.72. The van der Waals surface area contributed by atoms with E-state index in [0.717, 1.165) is 17.1 Å². The molecular weight excluding hydrogens is 321 g/mol. The van der Waals surface area contributed by atoms with E-state index in [4.69, 9.17) is 4.74 Å². The molecule has 0 radical (unpaired) electrons. The lowest BCUT2D eigenvalue weighted by molar-refractivity contribution is 0.118. The molecule has 0 aromatic carbocycles. The summed E-state index contributed by atoms with van der Waals surface area (Å²) in [6.07, 6.45) is 7.59. The monoisotopic (exact) mass is 339 g/mol. The molecule has 1 fully saturated rings. The van der Waals surface area contributed by atoms with Crippen molar-refractivity contribution in [3.8, 4) is 11.3 Å². The Balaban J connectivity index is 1.68. The van der Waals surface area contributed by atoms with Crippen molar-refractivity contribution in [3.63, 3.8) is 0 Å². The average molecular weight is 339 g/mol. The average Bonchev–Trinajstić information content (AvgIpc) is 3.30. The summed E-state index contributed by atoms with van der Waals surface area (Å²) in [6.45, 7) is 0.567. The van der Waals surface area contributed by atoms with E-state index in [9.17, 15) is 4.39 Å². The Kier molecular flexibility index (Phi) is 4.15. The number of aromatic nitrogens is 4. The molecule has 6 nitrogen and oxygen atoms in total. The number of pyridine rings is 2. The normalized spacial score (nSPS) is 20.2. The molecule has 4 rings (SSSR count). The minimum absolute atomic E-state index is 0.00153. The summed E-state index contributed by atoms with van der Waals surface area (Å²) in [5, 5.41) is 0. The number of H-pyrrole nitrogens is 1. The summed E-state index contributed by atoms with van der Waals surface area (Å²) >= 11 is 0. The first-order valence-corrected chi connectivity index (χ1v) is 8.11. The van der Waals surface area contributed by atoms with Crippen molar-refractivity contribution in [2.45, 2.75) is 18.6 Å². The molecule has 1 N–H and O–H groups in total. The van der Waals surface area contributed by atoms with Crippen molar-refractivity contribution in [1.82, 2.24) is 19.9 Å². The van der Waals surface area contributed by atoms with E-state index in [1.54, 1.807) is 38.0 Å². The number of hydrogen-bond donors (Lipinski definition) is 1.